The minimum absolute atomic E-state index is 0.380. The summed E-state index contributed by atoms with van der Waals surface area (Å²) in [5.74, 6) is 0.705. The Morgan fingerprint density at radius 2 is 1.75 bits per heavy atom. The number of ether oxygens (including phenoxy) is 1. The Labute approximate surface area is 118 Å². The molecule has 104 valence electrons. The van der Waals surface area contributed by atoms with Crippen molar-refractivity contribution in [3.05, 3.63) is 59.7 Å². The smallest absolute Gasteiger partial charge is 0.252 e. The molecule has 4 nitrogen and oxygen atoms in total. The molecule has 0 heterocycles. The average molecular weight is 270 g/mol. The van der Waals surface area contributed by atoms with Crippen LogP contribution in [-0.4, -0.2) is 12.5 Å². The van der Waals surface area contributed by atoms with E-state index in [1.165, 1.54) is 0 Å². The lowest BCUT2D eigenvalue weighted by Gasteiger charge is -2.13. The largest absolute Gasteiger partial charge is 0.456 e. The van der Waals surface area contributed by atoms with Crippen LogP contribution in [0.2, 0.25) is 0 Å². The van der Waals surface area contributed by atoms with Crippen molar-refractivity contribution in [1.82, 2.24) is 5.32 Å². The van der Waals surface area contributed by atoms with Crippen molar-refractivity contribution in [3.63, 3.8) is 0 Å². The summed E-state index contributed by atoms with van der Waals surface area (Å²) in [5, 5.41) is 3.26. The molecule has 2 rings (SSSR count). The van der Waals surface area contributed by atoms with E-state index in [1.54, 1.807) is 18.2 Å². The molecule has 3 N–H and O–H groups in total. The highest BCUT2D eigenvalue weighted by Gasteiger charge is 2.11. The number of primary amides is 1. The molecule has 0 aliphatic heterocycles. The molecule has 2 aromatic rings. The summed E-state index contributed by atoms with van der Waals surface area (Å²) < 4.78 is 5.86. The maximum Gasteiger partial charge on any atom is 0.252 e. The van der Waals surface area contributed by atoms with E-state index >= 15 is 0 Å². The molecule has 0 bridgehead atoms. The Kier molecular flexibility index (Phi) is 4.74. The van der Waals surface area contributed by atoms with Crippen molar-refractivity contribution in [2.75, 3.05) is 6.54 Å². The zero-order chi connectivity index (χ0) is 14.4. The lowest BCUT2D eigenvalue weighted by Crippen LogP contribution is -2.13. The van der Waals surface area contributed by atoms with E-state index in [-0.39, 0.29) is 0 Å². The highest BCUT2D eigenvalue weighted by molar-refractivity contribution is 5.95. The van der Waals surface area contributed by atoms with Crippen molar-refractivity contribution in [2.45, 2.75) is 13.5 Å². The summed E-state index contributed by atoms with van der Waals surface area (Å²) in [4.78, 5) is 11.4. The molecular formula is C16H18N2O2. The second-order valence-electron chi connectivity index (χ2n) is 4.35. The van der Waals surface area contributed by atoms with Gasteiger partial charge >= 0.3 is 0 Å². The standard InChI is InChI=1S/C16H18N2O2/c1-2-18-11-12-7-3-5-9-14(12)20-15-10-6-4-8-13(15)16(17)19/h3-10,18H,2,11H2,1H3,(H2,17,19). The maximum absolute atomic E-state index is 11.4. The third kappa shape index (κ3) is 3.36. The van der Waals surface area contributed by atoms with E-state index in [0.717, 1.165) is 17.9 Å². The molecule has 0 unspecified atom stereocenters. The third-order valence-electron chi connectivity index (χ3n) is 2.91. The molecule has 20 heavy (non-hydrogen) atoms. The Balaban J connectivity index is 2.28. The normalized spacial score (nSPS) is 10.2. The number of amides is 1. The third-order valence-corrected chi connectivity index (χ3v) is 2.91. The van der Waals surface area contributed by atoms with Crippen LogP contribution < -0.4 is 15.8 Å². The minimum Gasteiger partial charge on any atom is -0.456 e. The van der Waals surface area contributed by atoms with Gasteiger partial charge in [0.25, 0.3) is 5.91 Å². The molecule has 1 amide bonds. The number of nitrogens with two attached hydrogens (primary N) is 1. The van der Waals surface area contributed by atoms with Crippen molar-refractivity contribution < 1.29 is 9.53 Å². The number of para-hydroxylation sites is 2. The van der Waals surface area contributed by atoms with Crippen LogP contribution in [0.4, 0.5) is 0 Å². The molecule has 0 aliphatic rings. The van der Waals surface area contributed by atoms with E-state index in [9.17, 15) is 4.79 Å². The van der Waals surface area contributed by atoms with Crippen LogP contribution in [0.15, 0.2) is 48.5 Å². The molecule has 0 aromatic heterocycles. The molecule has 4 heteroatoms. The van der Waals surface area contributed by atoms with Gasteiger partial charge in [-0.05, 0) is 24.7 Å². The molecule has 2 aromatic carbocycles. The van der Waals surface area contributed by atoms with Crippen LogP contribution in [0.1, 0.15) is 22.8 Å². The first-order chi connectivity index (χ1) is 9.72. The molecule has 0 saturated carbocycles. The van der Waals surface area contributed by atoms with Crippen molar-refractivity contribution in [1.29, 1.82) is 0 Å². The first-order valence-electron chi connectivity index (χ1n) is 6.57. The van der Waals surface area contributed by atoms with Gasteiger partial charge in [0, 0.05) is 12.1 Å². The van der Waals surface area contributed by atoms with E-state index in [4.69, 9.17) is 10.5 Å². The maximum atomic E-state index is 11.4. The van der Waals surface area contributed by atoms with Gasteiger partial charge in [0.1, 0.15) is 11.5 Å². The Morgan fingerprint density at radius 1 is 1.10 bits per heavy atom. The molecule has 0 atom stereocenters. The van der Waals surface area contributed by atoms with Crippen LogP contribution >= 0.6 is 0 Å². The number of hydrogen-bond acceptors (Lipinski definition) is 3. The fourth-order valence-electron chi connectivity index (χ4n) is 1.89. The Morgan fingerprint density at radius 3 is 2.45 bits per heavy atom. The molecule has 0 aliphatic carbocycles. The minimum atomic E-state index is -0.496. The summed E-state index contributed by atoms with van der Waals surface area (Å²) in [6, 6.07) is 14.7. The summed E-state index contributed by atoms with van der Waals surface area (Å²) in [6.07, 6.45) is 0. The lowest BCUT2D eigenvalue weighted by molar-refractivity contribution is 0.0998. The van der Waals surface area contributed by atoms with E-state index < -0.39 is 5.91 Å². The zero-order valence-corrected chi connectivity index (χ0v) is 11.4. The Hall–Kier alpha value is -2.33. The Bertz CT molecular complexity index is 597. The van der Waals surface area contributed by atoms with Gasteiger partial charge in [-0.2, -0.15) is 0 Å². The second-order valence-corrected chi connectivity index (χ2v) is 4.35. The fraction of sp³-hybridized carbons (Fsp3) is 0.188. The quantitative estimate of drug-likeness (QED) is 0.848. The SMILES string of the molecule is CCNCc1ccccc1Oc1ccccc1C(N)=O. The van der Waals surface area contributed by atoms with E-state index in [2.05, 4.69) is 5.32 Å². The van der Waals surface area contributed by atoms with Gasteiger partial charge in [-0.15, -0.1) is 0 Å². The number of hydrogen-bond donors (Lipinski definition) is 2. The number of benzene rings is 2. The van der Waals surface area contributed by atoms with E-state index in [0.29, 0.717) is 17.9 Å². The topological polar surface area (TPSA) is 64.3 Å². The molecule has 0 radical (unpaired) electrons. The predicted octanol–water partition coefficient (Wildman–Crippen LogP) is 2.69. The fourth-order valence-corrected chi connectivity index (χ4v) is 1.89. The number of carbonyl (C=O) groups is 1. The summed E-state index contributed by atoms with van der Waals surface area (Å²) >= 11 is 0. The van der Waals surface area contributed by atoms with Crippen LogP contribution in [0, 0.1) is 0 Å². The van der Waals surface area contributed by atoms with Crippen molar-refractivity contribution in [3.8, 4) is 11.5 Å². The number of rotatable bonds is 6. The number of nitrogens with one attached hydrogen (secondary N) is 1. The first kappa shape index (κ1) is 14.1. The second kappa shape index (κ2) is 6.73. The van der Waals surface area contributed by atoms with Gasteiger partial charge in [0.2, 0.25) is 0 Å². The van der Waals surface area contributed by atoms with Crippen LogP contribution in [0.25, 0.3) is 0 Å². The monoisotopic (exact) mass is 270 g/mol. The highest BCUT2D eigenvalue weighted by Crippen LogP contribution is 2.27. The van der Waals surface area contributed by atoms with Gasteiger partial charge < -0.3 is 15.8 Å². The predicted molar refractivity (Wildman–Crippen MR) is 78.9 cm³/mol. The van der Waals surface area contributed by atoms with Gasteiger partial charge in [-0.3, -0.25) is 4.79 Å². The first-order valence-corrected chi connectivity index (χ1v) is 6.57. The van der Waals surface area contributed by atoms with Gasteiger partial charge in [-0.1, -0.05) is 37.3 Å². The summed E-state index contributed by atoms with van der Waals surface area (Å²) in [5.41, 5.74) is 6.77. The van der Waals surface area contributed by atoms with Crippen molar-refractivity contribution >= 4 is 5.91 Å². The van der Waals surface area contributed by atoms with Crippen molar-refractivity contribution in [2.24, 2.45) is 5.73 Å². The van der Waals surface area contributed by atoms with Crippen LogP contribution in [0.3, 0.4) is 0 Å². The van der Waals surface area contributed by atoms with Crippen LogP contribution in [-0.2, 0) is 6.54 Å². The van der Waals surface area contributed by atoms with Gasteiger partial charge in [0.05, 0.1) is 5.56 Å². The lowest BCUT2D eigenvalue weighted by atomic mass is 10.1. The molecule has 0 spiro atoms. The highest BCUT2D eigenvalue weighted by atomic mass is 16.5. The number of carbonyl (C=O) groups excluding carboxylic acids is 1. The molecule has 0 saturated heterocycles. The zero-order valence-electron chi connectivity index (χ0n) is 11.4. The summed E-state index contributed by atoms with van der Waals surface area (Å²) in [7, 11) is 0. The van der Waals surface area contributed by atoms with Gasteiger partial charge in [-0.25, -0.2) is 0 Å². The molecular weight excluding hydrogens is 252 g/mol. The van der Waals surface area contributed by atoms with E-state index in [1.807, 2.05) is 37.3 Å². The summed E-state index contributed by atoms with van der Waals surface area (Å²) in [6.45, 7) is 3.64. The molecule has 0 fully saturated rings. The van der Waals surface area contributed by atoms with Crippen LogP contribution in [0.5, 0.6) is 11.5 Å². The average Bonchev–Trinajstić information content (AvgIpc) is 2.47. The van der Waals surface area contributed by atoms with Gasteiger partial charge in [0.15, 0.2) is 0 Å².